The van der Waals surface area contributed by atoms with Crippen LogP contribution in [0.25, 0.3) is 0 Å². The maximum atomic E-state index is 10.9. The Bertz CT molecular complexity index is 356. The van der Waals surface area contributed by atoms with Crippen molar-refractivity contribution in [3.05, 3.63) is 11.7 Å². The Labute approximate surface area is 94.6 Å². The summed E-state index contributed by atoms with van der Waals surface area (Å²) in [5.74, 6) is 1.88. The maximum Gasteiger partial charge on any atom is 0.234 e. The first-order valence-electron chi connectivity index (χ1n) is 5.75. The molecule has 0 aromatic carbocycles. The molecule has 1 aliphatic rings. The number of ketones is 1. The van der Waals surface area contributed by atoms with Gasteiger partial charge >= 0.3 is 0 Å². The Morgan fingerprint density at radius 2 is 2.25 bits per heavy atom. The molecule has 1 saturated heterocycles. The van der Waals surface area contributed by atoms with Crippen molar-refractivity contribution < 1.29 is 9.32 Å². The second-order valence-electron chi connectivity index (χ2n) is 4.38. The largest absolute Gasteiger partial charge is 0.339 e. The summed E-state index contributed by atoms with van der Waals surface area (Å²) in [6.45, 7) is 3.67. The standard InChI is InChI=1S/C11H17N3O2/c1-8(15)6-11-13-10(14-16-11)7-9-2-4-12-5-3-9/h9,12H,2-7H2,1H3. The number of aromatic nitrogens is 2. The van der Waals surface area contributed by atoms with E-state index in [1.54, 1.807) is 0 Å². The molecule has 1 aliphatic heterocycles. The number of carbonyl (C=O) groups is 1. The number of nitrogens with one attached hydrogen (secondary N) is 1. The van der Waals surface area contributed by atoms with Gasteiger partial charge in [0.25, 0.3) is 0 Å². The highest BCUT2D eigenvalue weighted by molar-refractivity contribution is 5.77. The molecule has 1 fully saturated rings. The number of hydrogen-bond donors (Lipinski definition) is 1. The zero-order valence-corrected chi connectivity index (χ0v) is 9.53. The lowest BCUT2D eigenvalue weighted by Gasteiger charge is -2.20. The maximum absolute atomic E-state index is 10.9. The summed E-state index contributed by atoms with van der Waals surface area (Å²) >= 11 is 0. The number of nitrogens with zero attached hydrogens (tertiary/aromatic N) is 2. The highest BCUT2D eigenvalue weighted by Gasteiger charge is 2.17. The highest BCUT2D eigenvalue weighted by Crippen LogP contribution is 2.16. The predicted octanol–water partition coefficient (Wildman–Crippen LogP) is 0.743. The van der Waals surface area contributed by atoms with Gasteiger partial charge in [-0.2, -0.15) is 4.98 Å². The molecule has 16 heavy (non-hydrogen) atoms. The summed E-state index contributed by atoms with van der Waals surface area (Å²) in [5.41, 5.74) is 0. The van der Waals surface area contributed by atoms with Crippen LogP contribution in [-0.2, 0) is 17.6 Å². The molecule has 88 valence electrons. The van der Waals surface area contributed by atoms with Crippen molar-refractivity contribution in [2.75, 3.05) is 13.1 Å². The summed E-state index contributed by atoms with van der Waals surface area (Å²) < 4.78 is 5.02. The van der Waals surface area contributed by atoms with Crippen LogP contribution in [0.2, 0.25) is 0 Å². The number of Topliss-reactive ketones (excluding diaryl/α,β-unsaturated/α-hetero) is 1. The second kappa shape index (κ2) is 5.21. The molecule has 0 bridgehead atoms. The van der Waals surface area contributed by atoms with Crippen molar-refractivity contribution in [3.63, 3.8) is 0 Å². The molecule has 0 radical (unpaired) electrons. The molecule has 0 amide bonds. The van der Waals surface area contributed by atoms with Gasteiger partial charge in [0.15, 0.2) is 5.82 Å². The van der Waals surface area contributed by atoms with E-state index in [2.05, 4.69) is 15.5 Å². The fraction of sp³-hybridized carbons (Fsp3) is 0.727. The van der Waals surface area contributed by atoms with E-state index in [4.69, 9.17) is 4.52 Å². The minimum atomic E-state index is 0.0528. The number of rotatable bonds is 4. The van der Waals surface area contributed by atoms with Gasteiger partial charge in [-0.3, -0.25) is 4.79 Å². The van der Waals surface area contributed by atoms with E-state index in [-0.39, 0.29) is 12.2 Å². The van der Waals surface area contributed by atoms with Gasteiger partial charge in [0.2, 0.25) is 5.89 Å². The molecular formula is C11H17N3O2. The van der Waals surface area contributed by atoms with E-state index < -0.39 is 0 Å². The minimum Gasteiger partial charge on any atom is -0.339 e. The molecule has 0 unspecified atom stereocenters. The van der Waals surface area contributed by atoms with Gasteiger partial charge in [-0.1, -0.05) is 5.16 Å². The quantitative estimate of drug-likeness (QED) is 0.815. The smallest absolute Gasteiger partial charge is 0.234 e. The first-order valence-corrected chi connectivity index (χ1v) is 5.75. The number of piperidine rings is 1. The first kappa shape index (κ1) is 11.3. The van der Waals surface area contributed by atoms with Crippen molar-refractivity contribution in [2.45, 2.75) is 32.6 Å². The third kappa shape index (κ3) is 3.13. The van der Waals surface area contributed by atoms with Crippen molar-refractivity contribution in [2.24, 2.45) is 5.92 Å². The first-order chi connectivity index (χ1) is 7.74. The van der Waals surface area contributed by atoms with Crippen LogP contribution in [0, 0.1) is 5.92 Å². The van der Waals surface area contributed by atoms with Gasteiger partial charge in [-0.05, 0) is 38.8 Å². The fourth-order valence-electron chi connectivity index (χ4n) is 2.00. The molecular weight excluding hydrogens is 206 g/mol. The summed E-state index contributed by atoms with van der Waals surface area (Å²) in [4.78, 5) is 15.1. The normalized spacial score (nSPS) is 17.6. The van der Waals surface area contributed by atoms with Crippen molar-refractivity contribution >= 4 is 5.78 Å². The van der Waals surface area contributed by atoms with E-state index >= 15 is 0 Å². The molecule has 1 aromatic heterocycles. The zero-order valence-electron chi connectivity index (χ0n) is 9.53. The Kier molecular flexibility index (Phi) is 3.66. The minimum absolute atomic E-state index is 0.0528. The van der Waals surface area contributed by atoms with E-state index in [1.807, 2.05) is 0 Å². The third-order valence-electron chi connectivity index (χ3n) is 2.84. The lowest BCUT2D eigenvalue weighted by atomic mass is 9.94. The molecule has 0 aliphatic carbocycles. The molecule has 1 aromatic rings. The van der Waals surface area contributed by atoms with Gasteiger partial charge in [0.05, 0.1) is 6.42 Å². The molecule has 1 N–H and O–H groups in total. The summed E-state index contributed by atoms with van der Waals surface area (Å²) in [5, 5.41) is 7.23. The van der Waals surface area contributed by atoms with Crippen LogP contribution < -0.4 is 5.32 Å². The van der Waals surface area contributed by atoms with Gasteiger partial charge in [0, 0.05) is 6.42 Å². The number of hydrogen-bond acceptors (Lipinski definition) is 5. The molecule has 2 rings (SSSR count). The third-order valence-corrected chi connectivity index (χ3v) is 2.84. The van der Waals surface area contributed by atoms with Crippen molar-refractivity contribution in [1.29, 1.82) is 0 Å². The molecule has 0 saturated carbocycles. The summed E-state index contributed by atoms with van der Waals surface area (Å²) in [6.07, 6.45) is 3.44. The van der Waals surface area contributed by atoms with Crippen LogP contribution in [0.15, 0.2) is 4.52 Å². The SMILES string of the molecule is CC(=O)Cc1nc(CC2CCNCC2)no1. The average Bonchev–Trinajstić information content (AvgIpc) is 2.66. The Morgan fingerprint density at radius 3 is 2.94 bits per heavy atom. The van der Waals surface area contributed by atoms with Crippen molar-refractivity contribution in [3.8, 4) is 0 Å². The molecule has 2 heterocycles. The second-order valence-corrected chi connectivity index (χ2v) is 4.38. The topological polar surface area (TPSA) is 68.0 Å². The van der Waals surface area contributed by atoms with Gasteiger partial charge in [0.1, 0.15) is 5.78 Å². The van der Waals surface area contributed by atoms with Crippen LogP contribution >= 0.6 is 0 Å². The fourth-order valence-corrected chi connectivity index (χ4v) is 2.00. The Balaban J connectivity index is 1.88. The van der Waals surface area contributed by atoms with Gasteiger partial charge in [-0.25, -0.2) is 0 Å². The molecule has 0 spiro atoms. The van der Waals surface area contributed by atoms with Crippen LogP contribution in [0.5, 0.6) is 0 Å². The Hall–Kier alpha value is -1.23. The lowest BCUT2D eigenvalue weighted by molar-refractivity contribution is -0.116. The summed E-state index contributed by atoms with van der Waals surface area (Å²) in [7, 11) is 0. The van der Waals surface area contributed by atoms with E-state index in [0.717, 1.165) is 38.2 Å². The van der Waals surface area contributed by atoms with Crippen LogP contribution in [0.1, 0.15) is 31.5 Å². The van der Waals surface area contributed by atoms with Crippen molar-refractivity contribution in [1.82, 2.24) is 15.5 Å². The lowest BCUT2D eigenvalue weighted by Crippen LogP contribution is -2.28. The molecule has 5 nitrogen and oxygen atoms in total. The van der Waals surface area contributed by atoms with Crippen LogP contribution in [0.4, 0.5) is 0 Å². The van der Waals surface area contributed by atoms with Gasteiger partial charge in [-0.15, -0.1) is 0 Å². The van der Waals surface area contributed by atoms with Crippen LogP contribution in [-0.4, -0.2) is 29.0 Å². The van der Waals surface area contributed by atoms with E-state index in [1.165, 1.54) is 6.92 Å². The van der Waals surface area contributed by atoms with Gasteiger partial charge < -0.3 is 9.84 Å². The monoisotopic (exact) mass is 223 g/mol. The Morgan fingerprint density at radius 1 is 1.50 bits per heavy atom. The van der Waals surface area contributed by atoms with E-state index in [9.17, 15) is 4.79 Å². The average molecular weight is 223 g/mol. The highest BCUT2D eigenvalue weighted by atomic mass is 16.5. The van der Waals surface area contributed by atoms with Crippen LogP contribution in [0.3, 0.4) is 0 Å². The molecule has 5 heteroatoms. The van der Waals surface area contributed by atoms with E-state index in [0.29, 0.717) is 11.8 Å². The molecule has 0 atom stereocenters. The zero-order chi connectivity index (χ0) is 11.4. The predicted molar refractivity (Wildman–Crippen MR) is 58.0 cm³/mol. The summed E-state index contributed by atoms with van der Waals surface area (Å²) in [6, 6.07) is 0. The number of carbonyl (C=O) groups excluding carboxylic acids is 1.